The minimum atomic E-state index is -0.330. The maximum absolute atomic E-state index is 13.4. The molecule has 0 aliphatic rings. The molecule has 16 heavy (non-hydrogen) atoms. The van der Waals surface area contributed by atoms with Crippen LogP contribution in [0.25, 0.3) is 0 Å². The molecule has 1 aromatic carbocycles. The molecule has 0 aliphatic carbocycles. The molecule has 0 atom stereocenters. The summed E-state index contributed by atoms with van der Waals surface area (Å²) >= 11 is 0. The van der Waals surface area contributed by atoms with Gasteiger partial charge >= 0.3 is 0 Å². The van der Waals surface area contributed by atoms with Crippen LogP contribution in [0.1, 0.15) is 11.1 Å². The standard InChI is InChI=1S/C12H13FN2O/c1-15-8-10(7-14-15)5-9-3-4-12(16-2)11(13)6-9/h3-4,6-8H,5H2,1-2H3. The SMILES string of the molecule is COc1ccc(Cc2cnn(C)c2)cc1F. The van der Waals surface area contributed by atoms with E-state index in [1.54, 1.807) is 16.9 Å². The molecular formula is C12H13FN2O. The lowest BCUT2D eigenvalue weighted by molar-refractivity contribution is 0.386. The predicted octanol–water partition coefficient (Wildman–Crippen LogP) is 2.16. The van der Waals surface area contributed by atoms with Crippen molar-refractivity contribution in [1.29, 1.82) is 0 Å². The van der Waals surface area contributed by atoms with Gasteiger partial charge in [0.1, 0.15) is 0 Å². The van der Waals surface area contributed by atoms with Gasteiger partial charge < -0.3 is 4.74 Å². The molecular weight excluding hydrogens is 207 g/mol. The summed E-state index contributed by atoms with van der Waals surface area (Å²) < 4.78 is 20.0. The summed E-state index contributed by atoms with van der Waals surface area (Å²) in [6, 6.07) is 4.99. The van der Waals surface area contributed by atoms with Crippen LogP contribution < -0.4 is 4.74 Å². The van der Waals surface area contributed by atoms with Gasteiger partial charge in [-0.05, 0) is 23.3 Å². The Kier molecular flexibility index (Phi) is 2.90. The molecule has 0 fully saturated rings. The molecule has 0 N–H and O–H groups in total. The van der Waals surface area contributed by atoms with Crippen molar-refractivity contribution in [2.24, 2.45) is 7.05 Å². The fourth-order valence-corrected chi connectivity index (χ4v) is 1.62. The van der Waals surface area contributed by atoms with Crippen LogP contribution in [0.5, 0.6) is 5.75 Å². The van der Waals surface area contributed by atoms with Crippen molar-refractivity contribution in [3.05, 3.63) is 47.5 Å². The van der Waals surface area contributed by atoms with E-state index < -0.39 is 0 Å². The Balaban J connectivity index is 2.19. The zero-order chi connectivity index (χ0) is 11.5. The molecule has 0 spiro atoms. The summed E-state index contributed by atoms with van der Waals surface area (Å²) in [5.41, 5.74) is 1.97. The van der Waals surface area contributed by atoms with E-state index in [2.05, 4.69) is 5.10 Å². The van der Waals surface area contributed by atoms with E-state index in [-0.39, 0.29) is 11.6 Å². The van der Waals surface area contributed by atoms with Crippen LogP contribution in [0.4, 0.5) is 4.39 Å². The van der Waals surface area contributed by atoms with Gasteiger partial charge in [-0.2, -0.15) is 5.10 Å². The molecule has 1 aromatic heterocycles. The minimum Gasteiger partial charge on any atom is -0.494 e. The highest BCUT2D eigenvalue weighted by atomic mass is 19.1. The second-order valence-corrected chi connectivity index (χ2v) is 3.67. The number of rotatable bonds is 3. The third-order valence-corrected chi connectivity index (χ3v) is 2.38. The second-order valence-electron chi connectivity index (χ2n) is 3.67. The van der Waals surface area contributed by atoms with Crippen molar-refractivity contribution < 1.29 is 9.13 Å². The van der Waals surface area contributed by atoms with Crippen LogP contribution in [0.15, 0.2) is 30.6 Å². The molecule has 0 bridgehead atoms. The Hall–Kier alpha value is -1.84. The summed E-state index contributed by atoms with van der Waals surface area (Å²) in [5.74, 6) is -0.0566. The van der Waals surface area contributed by atoms with Gasteiger partial charge in [-0.15, -0.1) is 0 Å². The van der Waals surface area contributed by atoms with Crippen molar-refractivity contribution in [2.75, 3.05) is 7.11 Å². The maximum atomic E-state index is 13.4. The molecule has 3 nitrogen and oxygen atoms in total. The molecule has 2 rings (SSSR count). The van der Waals surface area contributed by atoms with Gasteiger partial charge in [-0.25, -0.2) is 4.39 Å². The number of ether oxygens (including phenoxy) is 1. The highest BCUT2D eigenvalue weighted by Crippen LogP contribution is 2.19. The number of aryl methyl sites for hydroxylation is 1. The first-order valence-electron chi connectivity index (χ1n) is 4.99. The van der Waals surface area contributed by atoms with Crippen molar-refractivity contribution in [2.45, 2.75) is 6.42 Å². The number of hydrogen-bond donors (Lipinski definition) is 0. The molecule has 4 heteroatoms. The highest BCUT2D eigenvalue weighted by molar-refractivity contribution is 5.31. The van der Waals surface area contributed by atoms with Crippen LogP contribution in [0.2, 0.25) is 0 Å². The summed E-state index contributed by atoms with van der Waals surface area (Å²) in [6.45, 7) is 0. The van der Waals surface area contributed by atoms with Gasteiger partial charge in [0.2, 0.25) is 0 Å². The number of halogens is 1. The average molecular weight is 220 g/mol. The topological polar surface area (TPSA) is 27.1 Å². The van der Waals surface area contributed by atoms with Gasteiger partial charge in [0.25, 0.3) is 0 Å². The minimum absolute atomic E-state index is 0.273. The second kappa shape index (κ2) is 4.35. The monoisotopic (exact) mass is 220 g/mol. The Morgan fingerprint density at radius 1 is 1.38 bits per heavy atom. The van der Waals surface area contributed by atoms with Gasteiger partial charge in [-0.1, -0.05) is 6.07 Å². The fourth-order valence-electron chi connectivity index (χ4n) is 1.62. The first-order valence-corrected chi connectivity index (χ1v) is 4.99. The van der Waals surface area contributed by atoms with Crippen LogP contribution in [0.3, 0.4) is 0 Å². The fraction of sp³-hybridized carbons (Fsp3) is 0.250. The number of hydrogen-bond acceptors (Lipinski definition) is 2. The summed E-state index contributed by atoms with van der Waals surface area (Å²) in [7, 11) is 3.32. The number of nitrogens with zero attached hydrogens (tertiary/aromatic N) is 2. The molecule has 0 saturated heterocycles. The number of benzene rings is 1. The molecule has 0 saturated carbocycles. The average Bonchev–Trinajstić information content (AvgIpc) is 2.64. The van der Waals surface area contributed by atoms with Crippen LogP contribution in [-0.2, 0) is 13.5 Å². The van der Waals surface area contributed by atoms with E-state index in [4.69, 9.17) is 4.74 Å². The highest BCUT2D eigenvalue weighted by Gasteiger charge is 2.04. The molecule has 0 amide bonds. The lowest BCUT2D eigenvalue weighted by Crippen LogP contribution is -1.92. The summed E-state index contributed by atoms with van der Waals surface area (Å²) in [4.78, 5) is 0. The van der Waals surface area contributed by atoms with Crippen LogP contribution in [-0.4, -0.2) is 16.9 Å². The Morgan fingerprint density at radius 3 is 2.75 bits per heavy atom. The van der Waals surface area contributed by atoms with E-state index >= 15 is 0 Å². The normalized spacial score (nSPS) is 10.4. The summed E-state index contributed by atoms with van der Waals surface area (Å²) in [5, 5.41) is 4.07. The van der Waals surface area contributed by atoms with Gasteiger partial charge in [0.05, 0.1) is 13.3 Å². The number of methoxy groups -OCH3 is 1. The van der Waals surface area contributed by atoms with Crippen LogP contribution in [0, 0.1) is 5.82 Å². The Bertz CT molecular complexity index is 494. The van der Waals surface area contributed by atoms with Crippen molar-refractivity contribution >= 4 is 0 Å². The smallest absolute Gasteiger partial charge is 0.165 e. The molecule has 0 radical (unpaired) electrons. The predicted molar refractivity (Wildman–Crippen MR) is 59.0 cm³/mol. The zero-order valence-electron chi connectivity index (χ0n) is 9.27. The first-order chi connectivity index (χ1) is 7.69. The molecule has 0 unspecified atom stereocenters. The Morgan fingerprint density at radius 2 is 2.19 bits per heavy atom. The first kappa shape index (κ1) is 10.7. The van der Waals surface area contributed by atoms with Crippen molar-refractivity contribution in [3.8, 4) is 5.75 Å². The largest absolute Gasteiger partial charge is 0.494 e. The van der Waals surface area contributed by atoms with E-state index in [1.165, 1.54) is 13.2 Å². The maximum Gasteiger partial charge on any atom is 0.165 e. The van der Waals surface area contributed by atoms with Crippen molar-refractivity contribution in [1.82, 2.24) is 9.78 Å². The lowest BCUT2D eigenvalue weighted by atomic mass is 10.1. The van der Waals surface area contributed by atoms with Crippen LogP contribution >= 0.6 is 0 Å². The number of aromatic nitrogens is 2. The molecule has 1 heterocycles. The third-order valence-electron chi connectivity index (χ3n) is 2.38. The van der Waals surface area contributed by atoms with E-state index in [0.29, 0.717) is 6.42 Å². The van der Waals surface area contributed by atoms with Gasteiger partial charge in [0.15, 0.2) is 11.6 Å². The quantitative estimate of drug-likeness (QED) is 0.792. The Labute approximate surface area is 93.5 Å². The van der Waals surface area contributed by atoms with Gasteiger partial charge in [0, 0.05) is 19.7 Å². The van der Waals surface area contributed by atoms with E-state index in [1.807, 2.05) is 19.3 Å². The third kappa shape index (κ3) is 2.21. The molecule has 0 aliphatic heterocycles. The molecule has 84 valence electrons. The lowest BCUT2D eigenvalue weighted by Gasteiger charge is -2.03. The van der Waals surface area contributed by atoms with Crippen molar-refractivity contribution in [3.63, 3.8) is 0 Å². The zero-order valence-corrected chi connectivity index (χ0v) is 9.27. The van der Waals surface area contributed by atoms with Gasteiger partial charge in [-0.3, -0.25) is 4.68 Å². The van der Waals surface area contributed by atoms with E-state index in [9.17, 15) is 4.39 Å². The summed E-state index contributed by atoms with van der Waals surface area (Å²) in [6.07, 6.45) is 4.37. The van der Waals surface area contributed by atoms with E-state index in [0.717, 1.165) is 11.1 Å². The molecule has 2 aromatic rings.